The number of nitrogens with zero attached hydrogens (tertiary/aromatic N) is 3. The number of anilines is 1. The number of carbonyl (C=O) groups is 1. The van der Waals surface area contributed by atoms with Crippen LogP contribution in [0.2, 0.25) is 0 Å². The van der Waals surface area contributed by atoms with Crippen molar-refractivity contribution in [2.24, 2.45) is 4.99 Å². The Bertz CT molecular complexity index is 1010. The molecule has 0 aliphatic carbocycles. The van der Waals surface area contributed by atoms with Gasteiger partial charge in [0.2, 0.25) is 11.8 Å². The van der Waals surface area contributed by atoms with Gasteiger partial charge in [0.1, 0.15) is 6.26 Å². The Labute approximate surface area is 175 Å². The lowest BCUT2D eigenvalue weighted by Crippen LogP contribution is -2.36. The molecular formula is C23H25N5O2. The van der Waals surface area contributed by atoms with Gasteiger partial charge in [-0.15, -0.1) is 0 Å². The lowest BCUT2D eigenvalue weighted by Gasteiger charge is -2.16. The standard InChI is InChI=1S/C23H25N5O2/c1-24-23(26-15-19-16-30-22(27-19)18-6-3-2-4-7-18)25-14-17-9-11-20(12-10-17)28-13-5-8-21(28)29/h2-4,6-7,9-12,16H,5,8,13-15H2,1H3,(H2,24,25,26). The minimum Gasteiger partial charge on any atom is -0.444 e. The Kier molecular flexibility index (Phi) is 6.08. The van der Waals surface area contributed by atoms with E-state index < -0.39 is 0 Å². The number of guanidine groups is 1. The molecule has 1 amide bonds. The number of hydrogen-bond acceptors (Lipinski definition) is 4. The van der Waals surface area contributed by atoms with Gasteiger partial charge in [-0.2, -0.15) is 0 Å². The molecule has 1 aromatic heterocycles. The Morgan fingerprint density at radius 2 is 1.87 bits per heavy atom. The summed E-state index contributed by atoms with van der Waals surface area (Å²) in [4.78, 5) is 22.5. The van der Waals surface area contributed by atoms with Crippen LogP contribution in [0.3, 0.4) is 0 Å². The molecule has 0 saturated carbocycles. The van der Waals surface area contributed by atoms with E-state index in [1.807, 2.05) is 59.5 Å². The number of aliphatic imine (C=N–C) groups is 1. The number of hydrogen-bond donors (Lipinski definition) is 2. The van der Waals surface area contributed by atoms with Crippen LogP contribution in [0.4, 0.5) is 5.69 Å². The average molecular weight is 403 g/mol. The second kappa shape index (κ2) is 9.26. The second-order valence-corrected chi connectivity index (χ2v) is 7.10. The SMILES string of the molecule is CN=C(NCc1ccc(N2CCCC2=O)cc1)NCc1coc(-c2ccccc2)n1. The van der Waals surface area contributed by atoms with Crippen LogP contribution in [0.5, 0.6) is 0 Å². The molecule has 2 heterocycles. The molecule has 7 heteroatoms. The zero-order valence-electron chi connectivity index (χ0n) is 17.0. The zero-order chi connectivity index (χ0) is 20.8. The minimum atomic E-state index is 0.203. The third kappa shape index (κ3) is 4.68. The summed E-state index contributed by atoms with van der Waals surface area (Å²) in [7, 11) is 1.73. The van der Waals surface area contributed by atoms with Gasteiger partial charge in [0.15, 0.2) is 5.96 Å². The molecule has 3 aromatic rings. The van der Waals surface area contributed by atoms with Crippen molar-refractivity contribution in [2.45, 2.75) is 25.9 Å². The minimum absolute atomic E-state index is 0.203. The van der Waals surface area contributed by atoms with E-state index in [1.165, 1.54) is 0 Å². The van der Waals surface area contributed by atoms with Gasteiger partial charge in [0.05, 0.1) is 12.2 Å². The van der Waals surface area contributed by atoms with Crippen molar-refractivity contribution in [2.75, 3.05) is 18.5 Å². The highest BCUT2D eigenvalue weighted by Gasteiger charge is 2.21. The lowest BCUT2D eigenvalue weighted by atomic mass is 10.2. The van der Waals surface area contributed by atoms with Gasteiger partial charge >= 0.3 is 0 Å². The molecule has 0 unspecified atom stereocenters. The highest BCUT2D eigenvalue weighted by atomic mass is 16.3. The fourth-order valence-corrected chi connectivity index (χ4v) is 3.40. The summed E-state index contributed by atoms with van der Waals surface area (Å²) in [6, 6.07) is 17.9. The van der Waals surface area contributed by atoms with Crippen LogP contribution in [0.15, 0.2) is 70.3 Å². The first kappa shape index (κ1) is 19.7. The van der Waals surface area contributed by atoms with Crippen molar-refractivity contribution in [3.63, 3.8) is 0 Å². The van der Waals surface area contributed by atoms with Crippen LogP contribution in [0, 0.1) is 0 Å². The van der Waals surface area contributed by atoms with Gasteiger partial charge in [0, 0.05) is 37.8 Å². The van der Waals surface area contributed by atoms with E-state index in [9.17, 15) is 4.79 Å². The van der Waals surface area contributed by atoms with Gasteiger partial charge in [-0.1, -0.05) is 30.3 Å². The summed E-state index contributed by atoms with van der Waals surface area (Å²) < 4.78 is 5.57. The number of nitrogens with one attached hydrogen (secondary N) is 2. The molecule has 1 aliphatic rings. The third-order valence-corrected chi connectivity index (χ3v) is 5.01. The largest absolute Gasteiger partial charge is 0.444 e. The van der Waals surface area contributed by atoms with Crippen LogP contribution >= 0.6 is 0 Å². The molecule has 7 nitrogen and oxygen atoms in total. The first-order valence-corrected chi connectivity index (χ1v) is 10.1. The molecule has 1 saturated heterocycles. The van der Waals surface area contributed by atoms with Gasteiger partial charge in [0.25, 0.3) is 0 Å². The Morgan fingerprint density at radius 1 is 1.10 bits per heavy atom. The monoisotopic (exact) mass is 403 g/mol. The molecule has 2 aromatic carbocycles. The number of carbonyl (C=O) groups excluding carboxylic acids is 1. The van der Waals surface area contributed by atoms with E-state index in [2.05, 4.69) is 20.6 Å². The predicted molar refractivity (Wildman–Crippen MR) is 117 cm³/mol. The zero-order valence-corrected chi connectivity index (χ0v) is 17.0. The number of rotatable bonds is 6. The molecule has 0 radical (unpaired) electrons. The van der Waals surface area contributed by atoms with Gasteiger partial charge in [-0.3, -0.25) is 9.79 Å². The molecule has 1 aliphatic heterocycles. The summed E-state index contributed by atoms with van der Waals surface area (Å²) >= 11 is 0. The topological polar surface area (TPSA) is 82.8 Å². The first-order chi connectivity index (χ1) is 14.7. The average Bonchev–Trinajstić information content (AvgIpc) is 3.44. The van der Waals surface area contributed by atoms with E-state index in [0.29, 0.717) is 31.4 Å². The summed E-state index contributed by atoms with van der Waals surface area (Å²) in [5.41, 5.74) is 3.83. The molecule has 154 valence electrons. The van der Waals surface area contributed by atoms with E-state index in [-0.39, 0.29) is 5.91 Å². The highest BCUT2D eigenvalue weighted by Crippen LogP contribution is 2.21. The maximum Gasteiger partial charge on any atom is 0.227 e. The van der Waals surface area contributed by atoms with Gasteiger partial charge < -0.3 is 20.0 Å². The number of benzene rings is 2. The summed E-state index contributed by atoms with van der Waals surface area (Å²) in [5, 5.41) is 6.54. The molecular weight excluding hydrogens is 378 g/mol. The van der Waals surface area contributed by atoms with E-state index in [1.54, 1.807) is 13.3 Å². The quantitative estimate of drug-likeness (QED) is 0.487. The van der Waals surface area contributed by atoms with Crippen LogP contribution in [-0.4, -0.2) is 30.4 Å². The summed E-state index contributed by atoms with van der Waals surface area (Å²) in [6.07, 6.45) is 3.23. The molecule has 0 atom stereocenters. The van der Waals surface area contributed by atoms with Crippen molar-refractivity contribution >= 4 is 17.6 Å². The Balaban J connectivity index is 1.28. The van der Waals surface area contributed by atoms with Crippen LogP contribution in [0.1, 0.15) is 24.1 Å². The van der Waals surface area contributed by atoms with Crippen LogP contribution < -0.4 is 15.5 Å². The van der Waals surface area contributed by atoms with E-state index in [4.69, 9.17) is 4.42 Å². The fraction of sp³-hybridized carbons (Fsp3) is 0.261. The molecule has 0 bridgehead atoms. The number of amides is 1. The number of aromatic nitrogens is 1. The van der Waals surface area contributed by atoms with Gasteiger partial charge in [-0.25, -0.2) is 4.98 Å². The highest BCUT2D eigenvalue weighted by molar-refractivity contribution is 5.95. The molecule has 2 N–H and O–H groups in total. The molecule has 1 fully saturated rings. The van der Waals surface area contributed by atoms with Crippen molar-refractivity contribution in [1.82, 2.24) is 15.6 Å². The number of oxazole rings is 1. The fourth-order valence-electron chi connectivity index (χ4n) is 3.40. The van der Waals surface area contributed by atoms with Crippen molar-refractivity contribution < 1.29 is 9.21 Å². The molecule has 30 heavy (non-hydrogen) atoms. The smallest absolute Gasteiger partial charge is 0.227 e. The van der Waals surface area contributed by atoms with Crippen LogP contribution in [-0.2, 0) is 17.9 Å². The van der Waals surface area contributed by atoms with E-state index in [0.717, 1.165) is 35.5 Å². The van der Waals surface area contributed by atoms with Gasteiger partial charge in [-0.05, 0) is 36.2 Å². The van der Waals surface area contributed by atoms with Crippen molar-refractivity contribution in [1.29, 1.82) is 0 Å². The van der Waals surface area contributed by atoms with Crippen LogP contribution in [0.25, 0.3) is 11.5 Å². The summed E-state index contributed by atoms with van der Waals surface area (Å²) in [6.45, 7) is 1.94. The van der Waals surface area contributed by atoms with Crippen molar-refractivity contribution in [3.8, 4) is 11.5 Å². The molecule has 0 spiro atoms. The summed E-state index contributed by atoms with van der Waals surface area (Å²) in [5.74, 6) is 1.48. The maximum atomic E-state index is 11.9. The maximum absolute atomic E-state index is 11.9. The lowest BCUT2D eigenvalue weighted by molar-refractivity contribution is -0.117. The van der Waals surface area contributed by atoms with E-state index >= 15 is 0 Å². The Hall–Kier alpha value is -3.61. The first-order valence-electron chi connectivity index (χ1n) is 10.1. The Morgan fingerprint density at radius 3 is 2.57 bits per heavy atom. The normalized spacial score (nSPS) is 14.2. The second-order valence-electron chi connectivity index (χ2n) is 7.10. The molecule has 4 rings (SSSR count). The predicted octanol–water partition coefficient (Wildman–Crippen LogP) is 3.33. The third-order valence-electron chi connectivity index (χ3n) is 5.01. The van der Waals surface area contributed by atoms with Crippen molar-refractivity contribution in [3.05, 3.63) is 72.1 Å².